The summed E-state index contributed by atoms with van der Waals surface area (Å²) in [5.74, 6) is -0.528. The third-order valence-electron chi connectivity index (χ3n) is 3.81. The van der Waals surface area contributed by atoms with Crippen LogP contribution in [0.15, 0.2) is 6.20 Å². The van der Waals surface area contributed by atoms with Crippen LogP contribution in [-0.2, 0) is 11.3 Å². The molecule has 0 atom stereocenters. The van der Waals surface area contributed by atoms with Gasteiger partial charge in [0, 0.05) is 18.8 Å². The molecule has 7 nitrogen and oxygen atoms in total. The highest BCUT2D eigenvalue weighted by Gasteiger charge is 2.22. The molecule has 1 aromatic rings. The van der Waals surface area contributed by atoms with E-state index >= 15 is 0 Å². The number of ether oxygens (including phenoxy) is 1. The van der Waals surface area contributed by atoms with Crippen LogP contribution < -0.4 is 10.6 Å². The molecule has 1 aliphatic rings. The van der Waals surface area contributed by atoms with Gasteiger partial charge in [0.15, 0.2) is 5.69 Å². The Morgan fingerprint density at radius 2 is 2.04 bits per heavy atom. The number of hydrogen-bond donors (Lipinski definition) is 2. The lowest BCUT2D eigenvalue weighted by atomic mass is 9.96. The molecule has 7 heteroatoms. The average Bonchev–Trinajstić information content (AvgIpc) is 2.90. The Morgan fingerprint density at radius 1 is 1.35 bits per heavy atom. The number of anilines is 1. The lowest BCUT2D eigenvalue weighted by Crippen LogP contribution is -2.39. The van der Waals surface area contributed by atoms with Crippen LogP contribution in [0.2, 0.25) is 0 Å². The third-order valence-corrected chi connectivity index (χ3v) is 3.81. The van der Waals surface area contributed by atoms with E-state index in [1.165, 1.54) is 6.42 Å². The summed E-state index contributed by atoms with van der Waals surface area (Å²) < 4.78 is 6.78. The van der Waals surface area contributed by atoms with Crippen molar-refractivity contribution in [2.45, 2.75) is 71.6 Å². The van der Waals surface area contributed by atoms with Crippen molar-refractivity contribution in [3.05, 3.63) is 11.9 Å². The number of rotatable bonds is 5. The molecule has 0 bridgehead atoms. The molecule has 0 radical (unpaired) electrons. The van der Waals surface area contributed by atoms with E-state index in [1.807, 2.05) is 6.92 Å². The molecule has 1 fully saturated rings. The Labute approximate surface area is 136 Å². The van der Waals surface area contributed by atoms with Crippen LogP contribution in [0, 0.1) is 0 Å². The molecule has 0 aliphatic heterocycles. The van der Waals surface area contributed by atoms with Gasteiger partial charge in [-0.05, 0) is 33.6 Å². The van der Waals surface area contributed by atoms with E-state index in [0.29, 0.717) is 12.2 Å². The van der Waals surface area contributed by atoms with E-state index in [4.69, 9.17) is 4.74 Å². The maximum Gasteiger partial charge on any atom is 0.361 e. The summed E-state index contributed by atoms with van der Waals surface area (Å²) >= 11 is 0. The van der Waals surface area contributed by atoms with Gasteiger partial charge in [-0.15, -0.1) is 0 Å². The SMILES string of the molecule is CCn1cc(NC(=O)NC2CCCCC2)c(C(=O)OC(C)C)n1. The molecule has 1 aromatic heterocycles. The summed E-state index contributed by atoms with van der Waals surface area (Å²) in [6, 6.07) is -0.0952. The van der Waals surface area contributed by atoms with Crippen LogP contribution in [-0.4, -0.2) is 33.9 Å². The Balaban J connectivity index is 2.03. The Kier molecular flexibility index (Phi) is 6.01. The predicted molar refractivity (Wildman–Crippen MR) is 87.5 cm³/mol. The monoisotopic (exact) mass is 322 g/mol. The molecule has 0 aromatic carbocycles. The number of hydrogen-bond acceptors (Lipinski definition) is 4. The minimum Gasteiger partial charge on any atom is -0.458 e. The summed E-state index contributed by atoms with van der Waals surface area (Å²) in [7, 11) is 0. The molecular formula is C16H26N4O3. The van der Waals surface area contributed by atoms with Gasteiger partial charge in [-0.3, -0.25) is 4.68 Å². The molecule has 128 valence electrons. The molecule has 1 aliphatic carbocycles. The molecule has 2 N–H and O–H groups in total. The van der Waals surface area contributed by atoms with Gasteiger partial charge >= 0.3 is 12.0 Å². The van der Waals surface area contributed by atoms with Gasteiger partial charge in [0.2, 0.25) is 0 Å². The second-order valence-electron chi connectivity index (χ2n) is 6.13. The van der Waals surface area contributed by atoms with Crippen molar-refractivity contribution in [1.82, 2.24) is 15.1 Å². The molecule has 23 heavy (non-hydrogen) atoms. The summed E-state index contributed by atoms with van der Waals surface area (Å²) in [4.78, 5) is 24.3. The Morgan fingerprint density at radius 3 is 2.65 bits per heavy atom. The third kappa shape index (κ3) is 4.97. The van der Waals surface area contributed by atoms with Crippen molar-refractivity contribution < 1.29 is 14.3 Å². The van der Waals surface area contributed by atoms with Crippen LogP contribution in [0.5, 0.6) is 0 Å². The van der Waals surface area contributed by atoms with Crippen molar-refractivity contribution in [3.8, 4) is 0 Å². The number of carbonyl (C=O) groups excluding carboxylic acids is 2. The standard InChI is InChI=1S/C16H26N4O3/c1-4-20-10-13(14(19-20)15(21)23-11(2)3)18-16(22)17-12-8-6-5-7-9-12/h10-12H,4-9H2,1-3H3,(H2,17,18,22). The van der Waals surface area contributed by atoms with Crippen molar-refractivity contribution in [2.75, 3.05) is 5.32 Å². The maximum atomic E-state index is 12.2. The number of nitrogens with one attached hydrogen (secondary N) is 2. The highest BCUT2D eigenvalue weighted by molar-refractivity contribution is 5.99. The van der Waals surface area contributed by atoms with Crippen molar-refractivity contribution in [1.29, 1.82) is 0 Å². The van der Waals surface area contributed by atoms with E-state index < -0.39 is 5.97 Å². The minimum atomic E-state index is -0.528. The molecular weight excluding hydrogens is 296 g/mol. The fourth-order valence-corrected chi connectivity index (χ4v) is 2.69. The lowest BCUT2D eigenvalue weighted by molar-refractivity contribution is 0.0371. The Bertz CT molecular complexity index is 548. The van der Waals surface area contributed by atoms with Crippen molar-refractivity contribution in [2.24, 2.45) is 0 Å². The van der Waals surface area contributed by atoms with Gasteiger partial charge < -0.3 is 15.4 Å². The number of aryl methyl sites for hydroxylation is 1. The van der Waals surface area contributed by atoms with E-state index in [1.54, 1.807) is 24.7 Å². The van der Waals surface area contributed by atoms with Gasteiger partial charge in [-0.1, -0.05) is 19.3 Å². The highest BCUT2D eigenvalue weighted by atomic mass is 16.5. The van der Waals surface area contributed by atoms with E-state index in [-0.39, 0.29) is 23.9 Å². The molecule has 2 amide bonds. The minimum absolute atomic E-state index is 0.138. The first-order chi connectivity index (χ1) is 11.0. The highest BCUT2D eigenvalue weighted by Crippen LogP contribution is 2.19. The fraction of sp³-hybridized carbons (Fsp3) is 0.688. The molecule has 1 saturated carbocycles. The fourth-order valence-electron chi connectivity index (χ4n) is 2.69. The number of nitrogens with zero attached hydrogens (tertiary/aromatic N) is 2. The van der Waals surface area contributed by atoms with Gasteiger partial charge in [0.25, 0.3) is 0 Å². The summed E-state index contributed by atoms with van der Waals surface area (Å²) in [6.07, 6.45) is 6.94. The summed E-state index contributed by atoms with van der Waals surface area (Å²) in [5, 5.41) is 9.88. The van der Waals surface area contributed by atoms with E-state index in [0.717, 1.165) is 25.7 Å². The zero-order valence-electron chi connectivity index (χ0n) is 14.1. The summed E-state index contributed by atoms with van der Waals surface area (Å²) in [6.45, 7) is 6.07. The normalized spacial score (nSPS) is 15.5. The maximum absolute atomic E-state index is 12.2. The Hall–Kier alpha value is -2.05. The van der Waals surface area contributed by atoms with Crippen LogP contribution in [0.3, 0.4) is 0 Å². The quantitative estimate of drug-likeness (QED) is 0.816. The largest absolute Gasteiger partial charge is 0.458 e. The molecule has 0 spiro atoms. The van der Waals surface area contributed by atoms with E-state index in [2.05, 4.69) is 15.7 Å². The van der Waals surface area contributed by atoms with E-state index in [9.17, 15) is 9.59 Å². The lowest BCUT2D eigenvalue weighted by Gasteiger charge is -2.22. The van der Waals surface area contributed by atoms with Gasteiger partial charge in [0.05, 0.1) is 11.8 Å². The summed E-state index contributed by atoms with van der Waals surface area (Å²) in [5.41, 5.74) is 0.519. The van der Waals surface area contributed by atoms with Crippen LogP contribution in [0.4, 0.5) is 10.5 Å². The second kappa shape index (κ2) is 7.99. The van der Waals surface area contributed by atoms with Gasteiger partial charge in [-0.25, -0.2) is 9.59 Å². The molecule has 1 heterocycles. The van der Waals surface area contributed by atoms with Gasteiger partial charge in [0.1, 0.15) is 0 Å². The number of urea groups is 1. The van der Waals surface area contributed by atoms with Crippen molar-refractivity contribution in [3.63, 3.8) is 0 Å². The number of aromatic nitrogens is 2. The number of carbonyl (C=O) groups is 2. The average molecular weight is 322 g/mol. The van der Waals surface area contributed by atoms with Crippen LogP contribution >= 0.6 is 0 Å². The zero-order chi connectivity index (χ0) is 16.8. The van der Waals surface area contributed by atoms with Crippen LogP contribution in [0.1, 0.15) is 63.4 Å². The van der Waals surface area contributed by atoms with Crippen LogP contribution in [0.25, 0.3) is 0 Å². The first-order valence-corrected chi connectivity index (χ1v) is 8.35. The number of amides is 2. The molecule has 2 rings (SSSR count). The zero-order valence-corrected chi connectivity index (χ0v) is 14.1. The molecule has 0 unspecified atom stereocenters. The number of esters is 1. The van der Waals surface area contributed by atoms with Crippen molar-refractivity contribution >= 4 is 17.7 Å². The first kappa shape index (κ1) is 17.3. The topological polar surface area (TPSA) is 85.2 Å². The smallest absolute Gasteiger partial charge is 0.361 e. The first-order valence-electron chi connectivity index (χ1n) is 8.35. The predicted octanol–water partition coefficient (Wildman–Crippen LogP) is 2.92. The second-order valence-corrected chi connectivity index (χ2v) is 6.13. The molecule has 0 saturated heterocycles. The van der Waals surface area contributed by atoms with Gasteiger partial charge in [-0.2, -0.15) is 5.10 Å².